The van der Waals surface area contributed by atoms with Crippen molar-refractivity contribution in [1.82, 2.24) is 19.8 Å². The third-order valence-corrected chi connectivity index (χ3v) is 7.92. The number of nitrogens with zero attached hydrogens (tertiary/aromatic N) is 3. The quantitative estimate of drug-likeness (QED) is 0.191. The van der Waals surface area contributed by atoms with Gasteiger partial charge in [0, 0.05) is 71.3 Å². The van der Waals surface area contributed by atoms with E-state index in [1.165, 1.54) is 0 Å². The van der Waals surface area contributed by atoms with Gasteiger partial charge < -0.3 is 15.6 Å². The van der Waals surface area contributed by atoms with Gasteiger partial charge in [-0.15, -0.1) is 0 Å². The normalized spacial score (nSPS) is 13.0. The third-order valence-electron chi connectivity index (χ3n) is 7.42. The van der Waals surface area contributed by atoms with Crippen LogP contribution in [0.5, 0.6) is 0 Å². The van der Waals surface area contributed by atoms with Crippen LogP contribution >= 0.6 is 15.9 Å². The molecule has 6 rings (SSSR count). The van der Waals surface area contributed by atoms with Crippen LogP contribution in [0.4, 0.5) is 0 Å². The number of halogens is 1. The summed E-state index contributed by atoms with van der Waals surface area (Å²) < 4.78 is 3.08. The standard InChI is InChI=1S/C34H30BrN5O/c1-39-22-30(28-18-26(35)11-13-33(28)39)32-19-29(34(41)37-21-25-8-6-24(20-36)7-9-25)27-17-23(10-12-31(27)38-32)5-4-16-40-14-2-3-15-40/h2-3,6-13,17-19,22H,14-16,20-21,36H2,1H3,(H,37,41). The highest BCUT2D eigenvalue weighted by Crippen LogP contribution is 2.33. The molecule has 0 unspecified atom stereocenters. The number of hydrogen-bond acceptors (Lipinski definition) is 4. The molecule has 3 N–H and O–H groups in total. The molecular formula is C34H30BrN5O. The zero-order valence-corrected chi connectivity index (χ0v) is 24.4. The van der Waals surface area contributed by atoms with E-state index in [1.807, 2.05) is 61.6 Å². The van der Waals surface area contributed by atoms with E-state index >= 15 is 0 Å². The largest absolute Gasteiger partial charge is 0.350 e. The summed E-state index contributed by atoms with van der Waals surface area (Å²) in [5.41, 5.74) is 12.8. The van der Waals surface area contributed by atoms with Crippen molar-refractivity contribution in [2.24, 2.45) is 12.8 Å². The highest BCUT2D eigenvalue weighted by molar-refractivity contribution is 9.10. The van der Waals surface area contributed by atoms with Crippen molar-refractivity contribution in [1.29, 1.82) is 0 Å². The molecule has 1 aliphatic heterocycles. The van der Waals surface area contributed by atoms with Gasteiger partial charge in [0.2, 0.25) is 0 Å². The molecule has 0 saturated heterocycles. The lowest BCUT2D eigenvalue weighted by Crippen LogP contribution is -2.23. The second-order valence-electron chi connectivity index (χ2n) is 10.3. The number of aryl methyl sites for hydroxylation is 1. The van der Waals surface area contributed by atoms with Crippen LogP contribution < -0.4 is 11.1 Å². The van der Waals surface area contributed by atoms with Gasteiger partial charge in [0.25, 0.3) is 5.91 Å². The molecule has 0 spiro atoms. The Kier molecular flexibility index (Phi) is 7.71. The number of carbonyl (C=O) groups is 1. The Bertz CT molecular complexity index is 1850. The molecule has 5 aromatic rings. The van der Waals surface area contributed by atoms with Gasteiger partial charge in [0.15, 0.2) is 0 Å². The van der Waals surface area contributed by atoms with Gasteiger partial charge in [-0.25, -0.2) is 4.98 Å². The topological polar surface area (TPSA) is 76.2 Å². The second-order valence-corrected chi connectivity index (χ2v) is 11.2. The Labute approximate surface area is 248 Å². The van der Waals surface area contributed by atoms with E-state index < -0.39 is 0 Å². The molecule has 1 aliphatic rings. The number of benzene rings is 3. The monoisotopic (exact) mass is 603 g/mol. The first-order valence-electron chi connectivity index (χ1n) is 13.6. The first kappa shape index (κ1) is 27.0. The molecule has 41 heavy (non-hydrogen) atoms. The third kappa shape index (κ3) is 5.82. The van der Waals surface area contributed by atoms with Gasteiger partial charge in [-0.05, 0) is 53.6 Å². The maximum absolute atomic E-state index is 13.7. The lowest BCUT2D eigenvalue weighted by atomic mass is 10.0. The summed E-state index contributed by atoms with van der Waals surface area (Å²) in [5.74, 6) is 6.40. The molecular weight excluding hydrogens is 574 g/mol. The molecule has 0 bridgehead atoms. The van der Waals surface area contributed by atoms with Crippen LogP contribution in [0.15, 0.2) is 89.6 Å². The van der Waals surface area contributed by atoms with E-state index in [9.17, 15) is 4.79 Å². The molecule has 0 atom stereocenters. The Morgan fingerprint density at radius 1 is 1.00 bits per heavy atom. The van der Waals surface area contributed by atoms with E-state index in [2.05, 4.69) is 73.0 Å². The minimum absolute atomic E-state index is 0.156. The fourth-order valence-electron chi connectivity index (χ4n) is 5.17. The van der Waals surface area contributed by atoms with Crippen LogP contribution in [-0.4, -0.2) is 40.0 Å². The zero-order chi connectivity index (χ0) is 28.3. The summed E-state index contributed by atoms with van der Waals surface area (Å²) >= 11 is 3.61. The lowest BCUT2D eigenvalue weighted by molar-refractivity contribution is 0.0952. The molecule has 3 heterocycles. The van der Waals surface area contributed by atoms with Gasteiger partial charge in [0.05, 0.1) is 23.3 Å². The lowest BCUT2D eigenvalue weighted by Gasteiger charge is -2.12. The molecule has 1 amide bonds. The van der Waals surface area contributed by atoms with Crippen molar-refractivity contribution in [2.45, 2.75) is 13.1 Å². The van der Waals surface area contributed by atoms with E-state index in [4.69, 9.17) is 10.7 Å². The van der Waals surface area contributed by atoms with E-state index in [0.29, 0.717) is 25.2 Å². The van der Waals surface area contributed by atoms with Crippen molar-refractivity contribution in [3.8, 4) is 23.1 Å². The SMILES string of the molecule is Cn1cc(-c2cc(C(=O)NCc3ccc(CN)cc3)c3cc(C#CCN4CC=CC4)ccc3n2)c2cc(Br)ccc21. The number of pyridine rings is 1. The number of nitrogens with one attached hydrogen (secondary N) is 1. The Morgan fingerprint density at radius 2 is 1.78 bits per heavy atom. The Morgan fingerprint density at radius 3 is 2.56 bits per heavy atom. The van der Waals surface area contributed by atoms with Crippen LogP contribution in [0.3, 0.4) is 0 Å². The van der Waals surface area contributed by atoms with Gasteiger partial charge in [-0.2, -0.15) is 0 Å². The predicted molar refractivity (Wildman–Crippen MR) is 169 cm³/mol. The number of carbonyl (C=O) groups excluding carboxylic acids is 1. The fourth-order valence-corrected chi connectivity index (χ4v) is 5.53. The highest BCUT2D eigenvalue weighted by Gasteiger charge is 2.17. The zero-order valence-electron chi connectivity index (χ0n) is 22.8. The Balaban J connectivity index is 1.39. The molecule has 0 fully saturated rings. The molecule has 3 aromatic carbocycles. The summed E-state index contributed by atoms with van der Waals surface area (Å²) in [5, 5.41) is 4.96. The average Bonchev–Trinajstić information content (AvgIpc) is 3.63. The number of nitrogens with two attached hydrogens (primary N) is 1. The van der Waals surface area contributed by atoms with Gasteiger partial charge in [-0.3, -0.25) is 9.69 Å². The highest BCUT2D eigenvalue weighted by atomic mass is 79.9. The number of rotatable bonds is 6. The Hall–Kier alpha value is -4.22. The van der Waals surface area contributed by atoms with Crippen molar-refractivity contribution >= 4 is 43.6 Å². The van der Waals surface area contributed by atoms with Crippen LogP contribution in [0.25, 0.3) is 33.1 Å². The predicted octanol–water partition coefficient (Wildman–Crippen LogP) is 5.77. The molecule has 0 saturated carbocycles. The van der Waals surface area contributed by atoms with Crippen molar-refractivity contribution < 1.29 is 4.79 Å². The molecule has 2 aromatic heterocycles. The van der Waals surface area contributed by atoms with E-state index in [0.717, 1.165) is 67.3 Å². The van der Waals surface area contributed by atoms with Gasteiger partial charge in [-0.1, -0.05) is 64.2 Å². The van der Waals surface area contributed by atoms with Crippen LogP contribution in [-0.2, 0) is 20.1 Å². The molecule has 0 aliphatic carbocycles. The number of hydrogen-bond donors (Lipinski definition) is 2. The number of fused-ring (bicyclic) bond motifs is 2. The first-order valence-corrected chi connectivity index (χ1v) is 14.4. The van der Waals surface area contributed by atoms with Gasteiger partial charge in [0.1, 0.15) is 0 Å². The smallest absolute Gasteiger partial charge is 0.252 e. The van der Waals surface area contributed by atoms with Crippen LogP contribution in [0.1, 0.15) is 27.0 Å². The summed E-state index contributed by atoms with van der Waals surface area (Å²) in [7, 11) is 2.02. The summed E-state index contributed by atoms with van der Waals surface area (Å²) in [6, 6.07) is 22.0. The molecule has 0 radical (unpaired) electrons. The van der Waals surface area contributed by atoms with E-state index in [-0.39, 0.29) is 5.91 Å². The molecule has 204 valence electrons. The van der Waals surface area contributed by atoms with Crippen LogP contribution in [0, 0.1) is 11.8 Å². The van der Waals surface area contributed by atoms with Crippen molar-refractivity contribution in [2.75, 3.05) is 19.6 Å². The van der Waals surface area contributed by atoms with Crippen molar-refractivity contribution in [3.63, 3.8) is 0 Å². The molecule has 7 heteroatoms. The first-order chi connectivity index (χ1) is 20.0. The average molecular weight is 605 g/mol. The minimum Gasteiger partial charge on any atom is -0.350 e. The number of amides is 1. The number of aromatic nitrogens is 2. The minimum atomic E-state index is -0.156. The summed E-state index contributed by atoms with van der Waals surface area (Å²) in [6.07, 6.45) is 6.39. The van der Waals surface area contributed by atoms with Gasteiger partial charge >= 0.3 is 0 Å². The summed E-state index contributed by atoms with van der Waals surface area (Å²) in [4.78, 5) is 21.0. The van der Waals surface area contributed by atoms with Crippen LogP contribution in [0.2, 0.25) is 0 Å². The summed E-state index contributed by atoms with van der Waals surface area (Å²) in [6.45, 7) is 3.47. The molecule has 6 nitrogen and oxygen atoms in total. The van der Waals surface area contributed by atoms with Crippen molar-refractivity contribution in [3.05, 3.63) is 112 Å². The fraction of sp³-hybridized carbons (Fsp3) is 0.176. The second kappa shape index (κ2) is 11.7. The maximum Gasteiger partial charge on any atom is 0.252 e. The maximum atomic E-state index is 13.7. The van der Waals surface area contributed by atoms with E-state index in [1.54, 1.807) is 0 Å².